The fourth-order valence-corrected chi connectivity index (χ4v) is 6.59. The van der Waals surface area contributed by atoms with Gasteiger partial charge < -0.3 is 15.2 Å². The van der Waals surface area contributed by atoms with Crippen LogP contribution in [-0.4, -0.2) is 30.1 Å². The highest BCUT2D eigenvalue weighted by molar-refractivity contribution is 7.17. The van der Waals surface area contributed by atoms with Crippen molar-refractivity contribution in [3.05, 3.63) is 41.3 Å². The van der Waals surface area contributed by atoms with Crippen LogP contribution in [0, 0.1) is 23.2 Å². The fraction of sp³-hybridized carbons (Fsp3) is 0.538. The molecule has 5 nitrogen and oxygen atoms in total. The van der Waals surface area contributed by atoms with Crippen LogP contribution in [0.1, 0.15) is 62.7 Å². The third-order valence-corrected chi connectivity index (χ3v) is 8.73. The number of thiophene rings is 1. The molecule has 0 unspecified atom stereocenters. The number of rotatable bonds is 9. The summed E-state index contributed by atoms with van der Waals surface area (Å²) in [5.41, 5.74) is 0.991. The summed E-state index contributed by atoms with van der Waals surface area (Å²) in [6.07, 6.45) is 9.21. The Kier molecular flexibility index (Phi) is 6.61. The molecule has 3 aliphatic rings. The number of benzene rings is 1. The van der Waals surface area contributed by atoms with E-state index in [0.717, 1.165) is 46.6 Å². The van der Waals surface area contributed by atoms with Gasteiger partial charge in [-0.1, -0.05) is 26.0 Å². The van der Waals surface area contributed by atoms with E-state index in [9.17, 15) is 9.59 Å². The Morgan fingerprint density at radius 3 is 2.81 bits per heavy atom. The molecule has 1 aromatic carbocycles. The predicted octanol–water partition coefficient (Wildman–Crippen LogP) is 5.89. The van der Waals surface area contributed by atoms with Gasteiger partial charge in [-0.3, -0.25) is 9.59 Å². The molecule has 1 heterocycles. The van der Waals surface area contributed by atoms with Crippen LogP contribution in [-0.2, 0) is 4.79 Å². The monoisotopic (exact) mass is 455 g/mol. The summed E-state index contributed by atoms with van der Waals surface area (Å²) in [7, 11) is 1.64. The van der Waals surface area contributed by atoms with Gasteiger partial charge in [-0.25, -0.2) is 0 Å². The Balaban J connectivity index is 1.47. The first kappa shape index (κ1) is 22.8. The van der Waals surface area contributed by atoms with Crippen LogP contribution in [0.15, 0.2) is 35.7 Å². The van der Waals surface area contributed by atoms with Crippen molar-refractivity contribution in [1.82, 2.24) is 5.32 Å². The molecule has 3 aliphatic carbocycles. The number of methoxy groups -OCH3 is 1. The number of fused-ring (bicyclic) bond motifs is 3. The molecule has 3 saturated carbocycles. The maximum atomic E-state index is 13.4. The second-order valence-corrected chi connectivity index (χ2v) is 10.8. The van der Waals surface area contributed by atoms with Crippen molar-refractivity contribution in [2.24, 2.45) is 23.2 Å². The molecule has 172 valence electrons. The summed E-state index contributed by atoms with van der Waals surface area (Å²) in [6.45, 7) is 4.68. The lowest BCUT2D eigenvalue weighted by Crippen LogP contribution is -2.63. The number of carbonyl (C=O) groups is 2. The molecule has 0 aliphatic heterocycles. The lowest BCUT2D eigenvalue weighted by molar-refractivity contribution is -0.137. The second kappa shape index (κ2) is 9.26. The minimum absolute atomic E-state index is 0.00564. The third-order valence-electron chi connectivity index (χ3n) is 7.76. The Hall–Kier alpha value is -2.34. The fourth-order valence-electron chi connectivity index (χ4n) is 5.67. The molecule has 0 saturated heterocycles. The van der Waals surface area contributed by atoms with E-state index in [0.29, 0.717) is 18.3 Å². The zero-order valence-electron chi connectivity index (χ0n) is 19.1. The summed E-state index contributed by atoms with van der Waals surface area (Å²) >= 11 is 1.59. The Labute approximate surface area is 193 Å². The number of hydrogen-bond donors (Lipinski definition) is 2. The van der Waals surface area contributed by atoms with Crippen LogP contribution >= 0.6 is 11.3 Å². The van der Waals surface area contributed by atoms with Gasteiger partial charge in [0.25, 0.3) is 5.91 Å². The molecule has 0 radical (unpaired) electrons. The maximum Gasteiger partial charge on any atom is 0.303 e. The van der Waals surface area contributed by atoms with Gasteiger partial charge in [0.05, 0.1) is 12.7 Å². The summed E-state index contributed by atoms with van der Waals surface area (Å²) in [5.74, 6) is 1.66. The average molecular weight is 456 g/mol. The van der Waals surface area contributed by atoms with Gasteiger partial charge in [0.15, 0.2) is 0 Å². The molecule has 3 fully saturated rings. The number of hydrogen-bond acceptors (Lipinski definition) is 4. The molecule has 32 heavy (non-hydrogen) atoms. The number of unbranched alkanes of at least 4 members (excludes halogenated alkanes) is 1. The van der Waals surface area contributed by atoms with E-state index >= 15 is 0 Å². The van der Waals surface area contributed by atoms with Crippen LogP contribution in [0.5, 0.6) is 5.75 Å². The highest BCUT2D eigenvalue weighted by Gasteiger charge is 2.57. The smallest absolute Gasteiger partial charge is 0.303 e. The van der Waals surface area contributed by atoms with Gasteiger partial charge in [-0.15, -0.1) is 11.3 Å². The standard InChI is InChI=1S/C26H33NO4S/c1-26(2)17-12-16(8-6-4-5-7-9-23(28)29)24(21(26)13-17)27-25(30)20-15-32-22-11-10-18(31-3)14-19(20)22/h4,6,10-11,14-17,21,24H,5,7-9,12-13H2,1-3H3,(H,27,30)(H,28,29)/b6-4-/t16-,17-,21-,24+/m0/s1. The topological polar surface area (TPSA) is 75.6 Å². The van der Waals surface area contributed by atoms with E-state index in [2.05, 4.69) is 31.3 Å². The minimum Gasteiger partial charge on any atom is -0.497 e. The number of aliphatic carboxylic acids is 1. The first-order valence-electron chi connectivity index (χ1n) is 11.5. The van der Waals surface area contributed by atoms with Crippen molar-refractivity contribution in [3.63, 3.8) is 0 Å². The summed E-state index contributed by atoms with van der Waals surface area (Å²) in [5, 5.41) is 15.1. The quantitative estimate of drug-likeness (QED) is 0.365. The number of carbonyl (C=O) groups excluding carboxylic acids is 1. The Morgan fingerprint density at radius 2 is 2.09 bits per heavy atom. The van der Waals surface area contributed by atoms with Crippen molar-refractivity contribution in [2.45, 2.75) is 58.4 Å². The van der Waals surface area contributed by atoms with Crippen LogP contribution in [0.2, 0.25) is 0 Å². The molecule has 2 N–H and O–H groups in total. The number of carboxylic acid groups (broad SMARTS) is 1. The first-order valence-corrected chi connectivity index (χ1v) is 12.4. The molecule has 1 aromatic heterocycles. The van der Waals surface area contributed by atoms with Crippen molar-refractivity contribution in [2.75, 3.05) is 7.11 Å². The van der Waals surface area contributed by atoms with Gasteiger partial charge in [0.1, 0.15) is 5.75 Å². The second-order valence-electron chi connectivity index (χ2n) is 9.86. The van der Waals surface area contributed by atoms with E-state index in [1.165, 1.54) is 6.42 Å². The summed E-state index contributed by atoms with van der Waals surface area (Å²) in [4.78, 5) is 24.0. The number of nitrogens with one attached hydrogen (secondary N) is 1. The van der Waals surface area contributed by atoms with Crippen molar-refractivity contribution in [1.29, 1.82) is 0 Å². The van der Waals surface area contributed by atoms with E-state index in [1.54, 1.807) is 18.4 Å². The maximum absolute atomic E-state index is 13.4. The number of carboxylic acids is 1. The van der Waals surface area contributed by atoms with E-state index in [1.807, 2.05) is 23.6 Å². The third kappa shape index (κ3) is 4.42. The van der Waals surface area contributed by atoms with Gasteiger partial charge in [-0.05, 0) is 73.5 Å². The highest BCUT2D eigenvalue weighted by atomic mass is 32.1. The van der Waals surface area contributed by atoms with Gasteiger partial charge in [0.2, 0.25) is 0 Å². The number of allylic oxidation sites excluding steroid dienone is 2. The molecule has 5 rings (SSSR count). The van der Waals surface area contributed by atoms with Crippen molar-refractivity contribution in [3.8, 4) is 5.75 Å². The summed E-state index contributed by atoms with van der Waals surface area (Å²) < 4.78 is 6.45. The normalized spacial score (nSPS) is 26.1. The Morgan fingerprint density at radius 1 is 1.28 bits per heavy atom. The largest absolute Gasteiger partial charge is 0.497 e. The number of amides is 1. The highest BCUT2D eigenvalue weighted by Crippen LogP contribution is 2.61. The van der Waals surface area contributed by atoms with Crippen LogP contribution in [0.25, 0.3) is 10.1 Å². The predicted molar refractivity (Wildman–Crippen MR) is 128 cm³/mol. The van der Waals surface area contributed by atoms with Crippen LogP contribution in [0.4, 0.5) is 0 Å². The van der Waals surface area contributed by atoms with Crippen molar-refractivity contribution < 1.29 is 19.4 Å². The molecule has 1 amide bonds. The van der Waals surface area contributed by atoms with E-state index < -0.39 is 5.97 Å². The molecule has 0 spiro atoms. The van der Waals surface area contributed by atoms with Gasteiger partial charge in [-0.2, -0.15) is 0 Å². The van der Waals surface area contributed by atoms with Gasteiger partial charge in [0, 0.05) is 27.9 Å². The Bertz CT molecular complexity index is 1020. The van der Waals surface area contributed by atoms with Crippen molar-refractivity contribution >= 4 is 33.3 Å². The lowest BCUT2D eigenvalue weighted by atomic mass is 9.44. The van der Waals surface area contributed by atoms with E-state index in [-0.39, 0.29) is 23.8 Å². The van der Waals surface area contributed by atoms with E-state index in [4.69, 9.17) is 9.84 Å². The number of ether oxygens (including phenoxy) is 1. The van der Waals surface area contributed by atoms with Gasteiger partial charge >= 0.3 is 5.97 Å². The zero-order valence-corrected chi connectivity index (χ0v) is 19.9. The van der Waals surface area contributed by atoms with Crippen LogP contribution in [0.3, 0.4) is 0 Å². The molecule has 6 heteroatoms. The molecule has 4 atom stereocenters. The zero-order chi connectivity index (χ0) is 22.9. The average Bonchev–Trinajstić information content (AvgIpc) is 3.19. The lowest BCUT2D eigenvalue weighted by Gasteiger charge is -2.62. The van der Waals surface area contributed by atoms with Crippen LogP contribution < -0.4 is 10.1 Å². The first-order chi connectivity index (χ1) is 15.3. The summed E-state index contributed by atoms with van der Waals surface area (Å²) in [6, 6.07) is 6.04. The molecule has 2 aromatic rings. The molecular weight excluding hydrogens is 422 g/mol. The molecular formula is C26H33NO4S. The molecule has 2 bridgehead atoms. The minimum atomic E-state index is -0.741. The SMILES string of the molecule is COc1ccc2scc(C(=O)N[C@@H]3[C@@H](C/C=C\CCCC(=O)O)C[C@H]4C[C@@H]3C4(C)C)c2c1.